The number of likely N-dealkylation sites (N-methyl/N-ethyl adjacent to an activating group) is 1. The zero-order valence-electron chi connectivity index (χ0n) is 8.71. The molecule has 1 unspecified atom stereocenters. The van der Waals surface area contributed by atoms with E-state index in [1.807, 2.05) is 0 Å². The summed E-state index contributed by atoms with van der Waals surface area (Å²) in [7, 11) is 0. The number of rotatable bonds is 7. The summed E-state index contributed by atoms with van der Waals surface area (Å²) >= 11 is 0. The monoisotopic (exact) mass is 173 g/mol. The molecule has 0 aromatic heterocycles. The maximum Gasteiger partial charge on any atom is 0.0558 e. The minimum absolute atomic E-state index is 0.286. The minimum atomic E-state index is 0.286. The third kappa shape index (κ3) is 4.07. The molecule has 0 radical (unpaired) electrons. The van der Waals surface area contributed by atoms with E-state index in [4.69, 9.17) is 5.11 Å². The second-order valence-electron chi connectivity index (χ2n) is 3.20. The molecule has 1 N–H and O–H groups in total. The van der Waals surface area contributed by atoms with Gasteiger partial charge in [-0.15, -0.1) is 0 Å². The fourth-order valence-electron chi connectivity index (χ4n) is 1.71. The van der Waals surface area contributed by atoms with E-state index < -0.39 is 0 Å². The predicted molar refractivity (Wildman–Crippen MR) is 53.3 cm³/mol. The highest BCUT2D eigenvalue weighted by Crippen LogP contribution is 2.09. The molecule has 0 saturated heterocycles. The maximum atomic E-state index is 8.84. The molecule has 12 heavy (non-hydrogen) atoms. The Balaban J connectivity index is 3.84. The molecule has 0 aromatic carbocycles. The Morgan fingerprint density at radius 1 is 1.25 bits per heavy atom. The summed E-state index contributed by atoms with van der Waals surface area (Å²) in [5.41, 5.74) is 0. The quantitative estimate of drug-likeness (QED) is 0.635. The van der Waals surface area contributed by atoms with Gasteiger partial charge < -0.3 is 5.11 Å². The van der Waals surface area contributed by atoms with Crippen LogP contribution in [0.2, 0.25) is 0 Å². The number of aliphatic hydroxyl groups excluding tert-OH is 1. The summed E-state index contributed by atoms with van der Waals surface area (Å²) in [5.74, 6) is 0. The Morgan fingerprint density at radius 3 is 2.25 bits per heavy atom. The highest BCUT2D eigenvalue weighted by Gasteiger charge is 2.12. The summed E-state index contributed by atoms with van der Waals surface area (Å²) in [6, 6.07) is 0.673. The second kappa shape index (κ2) is 7.56. The molecule has 2 heteroatoms. The molecule has 2 nitrogen and oxygen atoms in total. The average Bonchev–Trinajstić information content (AvgIpc) is 2.11. The van der Waals surface area contributed by atoms with E-state index in [1.54, 1.807) is 0 Å². The molecule has 0 rings (SSSR count). The van der Waals surface area contributed by atoms with Crippen molar-refractivity contribution in [1.82, 2.24) is 4.90 Å². The number of hydrogen-bond acceptors (Lipinski definition) is 2. The molecule has 0 saturated carbocycles. The van der Waals surface area contributed by atoms with Gasteiger partial charge in [-0.1, -0.05) is 27.2 Å². The van der Waals surface area contributed by atoms with Crippen molar-refractivity contribution in [2.75, 3.05) is 19.7 Å². The smallest absolute Gasteiger partial charge is 0.0558 e. The third-order valence-electron chi connectivity index (χ3n) is 2.40. The van der Waals surface area contributed by atoms with Crippen LogP contribution in [0.3, 0.4) is 0 Å². The van der Waals surface area contributed by atoms with Crippen LogP contribution >= 0.6 is 0 Å². The SMILES string of the molecule is CCCC(CC)N(CC)CCO. The minimum Gasteiger partial charge on any atom is -0.395 e. The van der Waals surface area contributed by atoms with Crippen LogP contribution in [-0.4, -0.2) is 35.7 Å². The lowest BCUT2D eigenvalue weighted by Gasteiger charge is -2.28. The molecule has 0 aliphatic carbocycles. The van der Waals surface area contributed by atoms with Gasteiger partial charge in [0.25, 0.3) is 0 Å². The Labute approximate surface area is 76.6 Å². The highest BCUT2D eigenvalue weighted by molar-refractivity contribution is 4.68. The highest BCUT2D eigenvalue weighted by atomic mass is 16.3. The van der Waals surface area contributed by atoms with E-state index in [-0.39, 0.29) is 6.61 Å². The van der Waals surface area contributed by atoms with Gasteiger partial charge in [-0.05, 0) is 19.4 Å². The molecule has 0 aromatic rings. The van der Waals surface area contributed by atoms with E-state index in [2.05, 4.69) is 25.7 Å². The Bertz CT molecular complexity index is 83.8. The van der Waals surface area contributed by atoms with Crippen LogP contribution in [0, 0.1) is 0 Å². The van der Waals surface area contributed by atoms with Gasteiger partial charge in [0.2, 0.25) is 0 Å². The molecular formula is C10H23NO. The van der Waals surface area contributed by atoms with Gasteiger partial charge in [0.05, 0.1) is 6.61 Å². The molecule has 74 valence electrons. The first-order valence-electron chi connectivity index (χ1n) is 5.14. The van der Waals surface area contributed by atoms with Crippen molar-refractivity contribution in [1.29, 1.82) is 0 Å². The zero-order valence-corrected chi connectivity index (χ0v) is 8.71. The summed E-state index contributed by atoms with van der Waals surface area (Å²) in [4.78, 5) is 2.36. The molecule has 0 spiro atoms. The van der Waals surface area contributed by atoms with E-state index in [9.17, 15) is 0 Å². The van der Waals surface area contributed by atoms with E-state index >= 15 is 0 Å². The predicted octanol–water partition coefficient (Wildman–Crippen LogP) is 1.88. The first-order chi connectivity index (χ1) is 5.79. The Kier molecular flexibility index (Phi) is 7.51. The largest absolute Gasteiger partial charge is 0.395 e. The van der Waals surface area contributed by atoms with Crippen molar-refractivity contribution < 1.29 is 5.11 Å². The number of nitrogens with zero attached hydrogens (tertiary/aromatic N) is 1. The summed E-state index contributed by atoms with van der Waals surface area (Å²) < 4.78 is 0. The molecule has 0 bridgehead atoms. The van der Waals surface area contributed by atoms with Gasteiger partial charge >= 0.3 is 0 Å². The van der Waals surface area contributed by atoms with Crippen LogP contribution < -0.4 is 0 Å². The van der Waals surface area contributed by atoms with Gasteiger partial charge in [0.15, 0.2) is 0 Å². The summed E-state index contributed by atoms with van der Waals surface area (Å²) in [6.45, 7) is 8.77. The average molecular weight is 173 g/mol. The fraction of sp³-hybridized carbons (Fsp3) is 1.00. The topological polar surface area (TPSA) is 23.5 Å². The van der Waals surface area contributed by atoms with E-state index in [0.29, 0.717) is 6.04 Å². The molecule has 0 aliphatic rings. The van der Waals surface area contributed by atoms with Crippen LogP contribution in [0.5, 0.6) is 0 Å². The fourth-order valence-corrected chi connectivity index (χ4v) is 1.71. The van der Waals surface area contributed by atoms with Crippen LogP contribution in [0.15, 0.2) is 0 Å². The molecule has 0 fully saturated rings. The van der Waals surface area contributed by atoms with Crippen LogP contribution in [0.25, 0.3) is 0 Å². The van der Waals surface area contributed by atoms with Crippen molar-refractivity contribution in [3.8, 4) is 0 Å². The molecule has 0 heterocycles. The molecule has 0 aliphatic heterocycles. The van der Waals surface area contributed by atoms with Gasteiger partial charge in [-0.2, -0.15) is 0 Å². The lowest BCUT2D eigenvalue weighted by molar-refractivity contribution is 0.146. The first kappa shape index (κ1) is 11.9. The van der Waals surface area contributed by atoms with Crippen molar-refractivity contribution >= 4 is 0 Å². The van der Waals surface area contributed by atoms with Gasteiger partial charge in [-0.25, -0.2) is 0 Å². The van der Waals surface area contributed by atoms with Gasteiger partial charge in [0, 0.05) is 12.6 Å². The lowest BCUT2D eigenvalue weighted by Crippen LogP contribution is -2.36. The van der Waals surface area contributed by atoms with Gasteiger partial charge in [-0.3, -0.25) is 4.90 Å². The molecular weight excluding hydrogens is 150 g/mol. The third-order valence-corrected chi connectivity index (χ3v) is 2.40. The number of hydrogen-bond donors (Lipinski definition) is 1. The maximum absolute atomic E-state index is 8.84. The van der Waals surface area contributed by atoms with Crippen LogP contribution in [0.1, 0.15) is 40.0 Å². The van der Waals surface area contributed by atoms with Crippen LogP contribution in [-0.2, 0) is 0 Å². The number of aliphatic hydroxyl groups is 1. The summed E-state index contributed by atoms with van der Waals surface area (Å²) in [6.07, 6.45) is 3.69. The second-order valence-corrected chi connectivity index (χ2v) is 3.20. The van der Waals surface area contributed by atoms with Crippen molar-refractivity contribution in [2.45, 2.75) is 46.1 Å². The Morgan fingerprint density at radius 2 is 1.92 bits per heavy atom. The summed E-state index contributed by atoms with van der Waals surface area (Å²) in [5, 5.41) is 8.84. The van der Waals surface area contributed by atoms with E-state index in [0.717, 1.165) is 13.1 Å². The molecule has 1 atom stereocenters. The zero-order chi connectivity index (χ0) is 9.40. The van der Waals surface area contributed by atoms with Gasteiger partial charge in [0.1, 0.15) is 0 Å². The lowest BCUT2D eigenvalue weighted by atomic mass is 10.1. The normalized spacial score (nSPS) is 13.8. The molecule has 0 amide bonds. The van der Waals surface area contributed by atoms with Crippen molar-refractivity contribution in [3.63, 3.8) is 0 Å². The van der Waals surface area contributed by atoms with Crippen LogP contribution in [0.4, 0.5) is 0 Å². The van der Waals surface area contributed by atoms with Crippen molar-refractivity contribution in [3.05, 3.63) is 0 Å². The van der Waals surface area contributed by atoms with Crippen molar-refractivity contribution in [2.24, 2.45) is 0 Å². The standard InChI is InChI=1S/C10H23NO/c1-4-7-10(5-2)11(6-3)8-9-12/h10,12H,4-9H2,1-3H3. The van der Waals surface area contributed by atoms with E-state index in [1.165, 1.54) is 19.3 Å². The Hall–Kier alpha value is -0.0800. The first-order valence-corrected chi connectivity index (χ1v) is 5.14.